The van der Waals surface area contributed by atoms with Gasteiger partial charge in [0.1, 0.15) is 6.10 Å². The molecule has 0 bridgehead atoms. The quantitative estimate of drug-likeness (QED) is 0.617. The average molecular weight is 379 g/mol. The highest BCUT2D eigenvalue weighted by Gasteiger charge is 2.46. The molecule has 0 aliphatic carbocycles. The van der Waals surface area contributed by atoms with Gasteiger partial charge >= 0.3 is 5.97 Å². The van der Waals surface area contributed by atoms with E-state index in [4.69, 9.17) is 0 Å². The van der Waals surface area contributed by atoms with Crippen molar-refractivity contribution < 1.29 is 28.2 Å². The summed E-state index contributed by atoms with van der Waals surface area (Å²) in [7, 11) is -2.96. The zero-order valence-electron chi connectivity index (χ0n) is 14.4. The van der Waals surface area contributed by atoms with Crippen molar-refractivity contribution in [2.45, 2.75) is 23.5 Å². The van der Waals surface area contributed by atoms with Gasteiger partial charge in [0, 0.05) is 0 Å². The summed E-state index contributed by atoms with van der Waals surface area (Å²) in [5, 5.41) is 21.2. The molecule has 0 aromatic heterocycles. The zero-order valence-corrected chi connectivity index (χ0v) is 15.2. The second-order valence-electron chi connectivity index (χ2n) is 5.87. The smallest absolute Gasteiger partial charge is 0.342 e. The van der Waals surface area contributed by atoms with Crippen LogP contribution in [0.4, 0.5) is 0 Å². The Bertz CT molecular complexity index is 851. The first-order valence-electron chi connectivity index (χ1n) is 7.81. The molecule has 0 radical (unpaired) electrons. The fourth-order valence-corrected chi connectivity index (χ4v) is 3.45. The number of nitrogens with one attached hydrogen (secondary N) is 1. The van der Waals surface area contributed by atoms with E-state index in [-0.39, 0.29) is 10.5 Å². The first kappa shape index (κ1) is 20.1. The van der Waals surface area contributed by atoms with Crippen LogP contribution in [-0.4, -0.2) is 43.9 Å². The number of methoxy groups -OCH3 is 1. The molecule has 0 aliphatic heterocycles. The molecule has 2 aromatic rings. The van der Waals surface area contributed by atoms with Gasteiger partial charge in [0.05, 0.1) is 18.6 Å². The number of rotatable bonds is 7. The van der Waals surface area contributed by atoms with Gasteiger partial charge in [-0.15, -0.1) is 0 Å². The van der Waals surface area contributed by atoms with Crippen molar-refractivity contribution in [1.82, 2.24) is 4.72 Å². The van der Waals surface area contributed by atoms with E-state index in [0.717, 1.165) is 12.7 Å². The lowest BCUT2D eigenvalue weighted by molar-refractivity contribution is -0.174. The monoisotopic (exact) mass is 379 g/mol. The SMILES string of the molecule is COC(=O)[C@@](O)(CNS(=O)(=O)c1ccc(C)cc1)[C@@H](O)c1ccccc1. The number of sulfonamides is 1. The normalized spacial score (nSPS) is 15.1. The Morgan fingerprint density at radius 2 is 1.73 bits per heavy atom. The van der Waals surface area contributed by atoms with E-state index in [1.807, 2.05) is 6.92 Å². The fraction of sp³-hybridized carbons (Fsp3) is 0.278. The molecule has 0 unspecified atom stereocenters. The van der Waals surface area contributed by atoms with Crippen LogP contribution in [0.5, 0.6) is 0 Å². The lowest BCUT2D eigenvalue weighted by Gasteiger charge is -2.30. The van der Waals surface area contributed by atoms with Crippen molar-refractivity contribution >= 4 is 16.0 Å². The number of aliphatic hydroxyl groups is 2. The lowest BCUT2D eigenvalue weighted by Crippen LogP contribution is -2.53. The third kappa shape index (κ3) is 4.28. The molecule has 3 N–H and O–H groups in total. The van der Waals surface area contributed by atoms with Gasteiger partial charge in [-0.3, -0.25) is 0 Å². The standard InChI is InChI=1S/C18H21NO6S/c1-13-8-10-15(11-9-13)26(23,24)19-12-18(22,17(21)25-2)16(20)14-6-4-3-5-7-14/h3-11,16,19-20,22H,12H2,1-2H3/t16-,18+/m0/s1. The molecule has 8 heteroatoms. The first-order valence-corrected chi connectivity index (χ1v) is 9.29. The maximum atomic E-state index is 12.4. The van der Waals surface area contributed by atoms with Crippen molar-refractivity contribution in [3.8, 4) is 0 Å². The Hall–Kier alpha value is -2.26. The Morgan fingerprint density at radius 1 is 1.15 bits per heavy atom. The predicted octanol–water partition coefficient (Wildman–Crippen LogP) is 0.911. The summed E-state index contributed by atoms with van der Waals surface area (Å²) >= 11 is 0. The molecule has 2 rings (SSSR count). The number of aryl methyl sites for hydroxylation is 1. The molecule has 140 valence electrons. The van der Waals surface area contributed by atoms with E-state index in [9.17, 15) is 23.4 Å². The second kappa shape index (κ2) is 7.96. The number of carbonyl (C=O) groups excluding carboxylic acids is 1. The Labute approximate surface area is 152 Å². The number of hydrogen-bond donors (Lipinski definition) is 3. The summed E-state index contributed by atoms with van der Waals surface area (Å²) in [5.41, 5.74) is -1.36. The summed E-state index contributed by atoms with van der Waals surface area (Å²) in [6, 6.07) is 14.0. The number of ether oxygens (including phenoxy) is 1. The molecule has 2 atom stereocenters. The van der Waals surface area contributed by atoms with Crippen LogP contribution in [0.25, 0.3) is 0 Å². The summed E-state index contributed by atoms with van der Waals surface area (Å²) in [4.78, 5) is 12.1. The number of carbonyl (C=O) groups is 1. The topological polar surface area (TPSA) is 113 Å². The molecule has 26 heavy (non-hydrogen) atoms. The summed E-state index contributed by atoms with van der Waals surface area (Å²) < 4.78 is 31.5. The van der Waals surface area contributed by atoms with Crippen LogP contribution in [0, 0.1) is 6.92 Å². The third-order valence-corrected chi connectivity index (χ3v) is 5.39. The minimum absolute atomic E-state index is 0.0236. The van der Waals surface area contributed by atoms with Crippen LogP contribution in [0.15, 0.2) is 59.5 Å². The van der Waals surface area contributed by atoms with Crippen LogP contribution < -0.4 is 4.72 Å². The third-order valence-electron chi connectivity index (χ3n) is 3.97. The van der Waals surface area contributed by atoms with Crippen molar-refractivity contribution in [2.75, 3.05) is 13.7 Å². The van der Waals surface area contributed by atoms with Gasteiger partial charge in [-0.1, -0.05) is 48.0 Å². The van der Waals surface area contributed by atoms with E-state index in [1.54, 1.807) is 30.3 Å². The van der Waals surface area contributed by atoms with E-state index >= 15 is 0 Å². The fourth-order valence-electron chi connectivity index (χ4n) is 2.37. The lowest BCUT2D eigenvalue weighted by atomic mass is 9.91. The van der Waals surface area contributed by atoms with E-state index in [1.165, 1.54) is 24.3 Å². The molecule has 0 aliphatic rings. The molecular formula is C18H21NO6S. The number of esters is 1. The molecule has 0 heterocycles. The molecule has 0 saturated heterocycles. The van der Waals surface area contributed by atoms with Crippen molar-refractivity contribution in [1.29, 1.82) is 0 Å². The minimum atomic E-state index is -4.00. The van der Waals surface area contributed by atoms with Gasteiger partial charge in [0.25, 0.3) is 0 Å². The van der Waals surface area contributed by atoms with Gasteiger partial charge in [-0.25, -0.2) is 17.9 Å². The molecule has 0 amide bonds. The van der Waals surface area contributed by atoms with Crippen LogP contribution in [0.3, 0.4) is 0 Å². The molecule has 0 fully saturated rings. The molecule has 0 saturated carbocycles. The van der Waals surface area contributed by atoms with Crippen LogP contribution >= 0.6 is 0 Å². The molecule has 0 spiro atoms. The highest BCUT2D eigenvalue weighted by atomic mass is 32.2. The largest absolute Gasteiger partial charge is 0.467 e. The van der Waals surface area contributed by atoms with E-state index < -0.39 is 34.2 Å². The average Bonchev–Trinajstić information content (AvgIpc) is 2.66. The Balaban J connectivity index is 2.28. The van der Waals surface area contributed by atoms with Crippen molar-refractivity contribution in [3.63, 3.8) is 0 Å². The highest BCUT2D eigenvalue weighted by molar-refractivity contribution is 7.89. The van der Waals surface area contributed by atoms with Gasteiger partial charge in [-0.2, -0.15) is 0 Å². The summed E-state index contributed by atoms with van der Waals surface area (Å²) in [6.07, 6.45) is -1.68. The minimum Gasteiger partial charge on any atom is -0.467 e. The maximum absolute atomic E-state index is 12.4. The van der Waals surface area contributed by atoms with Gasteiger partial charge in [-0.05, 0) is 24.6 Å². The number of hydrogen-bond acceptors (Lipinski definition) is 6. The maximum Gasteiger partial charge on any atom is 0.342 e. The van der Waals surface area contributed by atoms with Crippen LogP contribution in [0.1, 0.15) is 17.2 Å². The highest BCUT2D eigenvalue weighted by Crippen LogP contribution is 2.27. The number of aliphatic hydroxyl groups excluding tert-OH is 1. The van der Waals surface area contributed by atoms with Crippen molar-refractivity contribution in [3.05, 3.63) is 65.7 Å². The van der Waals surface area contributed by atoms with Gasteiger partial charge < -0.3 is 14.9 Å². The molecular weight excluding hydrogens is 358 g/mol. The Kier molecular flexibility index (Phi) is 6.14. The van der Waals surface area contributed by atoms with Crippen LogP contribution in [-0.2, 0) is 19.6 Å². The second-order valence-corrected chi connectivity index (χ2v) is 7.63. The van der Waals surface area contributed by atoms with E-state index in [2.05, 4.69) is 9.46 Å². The van der Waals surface area contributed by atoms with Crippen molar-refractivity contribution in [2.24, 2.45) is 0 Å². The first-order chi connectivity index (χ1) is 12.2. The van der Waals surface area contributed by atoms with E-state index in [0.29, 0.717) is 0 Å². The number of benzene rings is 2. The Morgan fingerprint density at radius 3 is 2.27 bits per heavy atom. The molecule has 2 aromatic carbocycles. The van der Waals surface area contributed by atoms with Gasteiger partial charge in [0.2, 0.25) is 15.6 Å². The summed E-state index contributed by atoms with van der Waals surface area (Å²) in [6.45, 7) is 1.06. The van der Waals surface area contributed by atoms with Gasteiger partial charge in [0.15, 0.2) is 0 Å². The van der Waals surface area contributed by atoms with Crippen LogP contribution in [0.2, 0.25) is 0 Å². The zero-order chi connectivity index (χ0) is 19.4. The molecule has 7 nitrogen and oxygen atoms in total. The predicted molar refractivity (Wildman–Crippen MR) is 94.7 cm³/mol. The summed E-state index contributed by atoms with van der Waals surface area (Å²) in [5.74, 6) is -1.15.